The first-order valence-corrected chi connectivity index (χ1v) is 17.1. The number of carbonyl (C=O) groups excluding carboxylic acids is 6. The van der Waals surface area contributed by atoms with E-state index >= 15 is 0 Å². The van der Waals surface area contributed by atoms with Crippen molar-refractivity contribution in [3.8, 4) is 0 Å². The fourth-order valence-corrected chi connectivity index (χ4v) is 7.31. The van der Waals surface area contributed by atoms with Gasteiger partial charge in [-0.25, -0.2) is 4.79 Å². The van der Waals surface area contributed by atoms with Crippen molar-refractivity contribution < 1.29 is 41.9 Å². The smallest absolute Gasteiger partial charge is 0.346 e. The SMILES string of the molecule is C=CCNC(=O)C(=O)C(CC)NC(=O)[C@@H]1[C@@H]2[C@H](CN1C(=O)[C@@H](NC(=O)N[C@H](CN(C)C(=O)C(F)(F)F)C(C)(C)C)C1CCCCC1)C2(C)C. The second-order valence-electron chi connectivity index (χ2n) is 15.3. The number of likely N-dealkylation sites (tertiary alicyclic amines) is 1. The Labute approximate surface area is 286 Å². The third-order valence-electron chi connectivity index (χ3n) is 10.5. The molecule has 2 saturated carbocycles. The largest absolute Gasteiger partial charge is 0.471 e. The number of urea groups is 1. The van der Waals surface area contributed by atoms with Crippen molar-refractivity contribution in [2.75, 3.05) is 26.7 Å². The minimum atomic E-state index is -5.08. The Morgan fingerprint density at radius 3 is 2.14 bits per heavy atom. The Balaban J connectivity index is 1.84. The van der Waals surface area contributed by atoms with Gasteiger partial charge in [-0.2, -0.15) is 13.2 Å². The molecule has 3 fully saturated rings. The van der Waals surface area contributed by atoms with Crippen LogP contribution >= 0.6 is 0 Å². The molecule has 0 aromatic carbocycles. The molecule has 1 heterocycles. The molecule has 6 amide bonds. The Morgan fingerprint density at radius 1 is 1.00 bits per heavy atom. The van der Waals surface area contributed by atoms with Crippen LogP contribution in [-0.4, -0.2) is 102 Å². The molecule has 2 aliphatic carbocycles. The number of fused-ring (bicyclic) bond motifs is 1. The first-order valence-electron chi connectivity index (χ1n) is 17.1. The normalized spacial score (nSPS) is 23.6. The second-order valence-corrected chi connectivity index (χ2v) is 15.3. The number of hydrogen-bond acceptors (Lipinski definition) is 6. The number of likely N-dealkylation sites (N-methyl/N-ethyl adjacent to an activating group) is 1. The van der Waals surface area contributed by atoms with Crippen molar-refractivity contribution in [2.24, 2.45) is 28.6 Å². The molecule has 49 heavy (non-hydrogen) atoms. The molecular weight excluding hydrogens is 645 g/mol. The average Bonchev–Trinajstić information content (AvgIpc) is 3.33. The standard InChI is InChI=1S/C34H53F3N6O6/c1-9-16-38-28(46)26(44)21(10-2)39-27(45)25-23-20(33(23,6)7)17-43(25)29(47)24(19-14-12-11-13-15-19)41-31(49)40-22(32(3,4)5)18-42(8)30(48)34(35,36)37/h9,19-25H,1,10-18H2,2-8H3,(H,38,46)(H,39,45)(H2,40,41,49)/t20-,21?,22+,23-,24-,25-/m0/s1. The zero-order chi connectivity index (χ0) is 37.1. The summed E-state index contributed by atoms with van der Waals surface area (Å²) in [5.41, 5.74) is -1.01. The van der Waals surface area contributed by atoms with Crippen LogP contribution in [0.5, 0.6) is 0 Å². The van der Waals surface area contributed by atoms with E-state index < -0.39 is 77.7 Å². The predicted molar refractivity (Wildman–Crippen MR) is 176 cm³/mol. The topological polar surface area (TPSA) is 157 Å². The van der Waals surface area contributed by atoms with Crippen LogP contribution in [0.25, 0.3) is 0 Å². The number of Topliss-reactive ketones (excluding diaryl/α,β-unsaturated/α-hetero) is 1. The molecule has 0 bridgehead atoms. The van der Waals surface area contributed by atoms with Gasteiger partial charge >= 0.3 is 18.1 Å². The number of halogens is 3. The lowest BCUT2D eigenvalue weighted by Crippen LogP contribution is -2.62. The van der Waals surface area contributed by atoms with Crippen LogP contribution in [0.3, 0.4) is 0 Å². The molecule has 1 aliphatic heterocycles. The third kappa shape index (κ3) is 9.33. The number of carbonyl (C=O) groups is 6. The maximum atomic E-state index is 14.4. The highest BCUT2D eigenvalue weighted by Crippen LogP contribution is 2.65. The van der Waals surface area contributed by atoms with Gasteiger partial charge in [-0.3, -0.25) is 24.0 Å². The van der Waals surface area contributed by atoms with E-state index in [1.54, 1.807) is 27.7 Å². The van der Waals surface area contributed by atoms with Gasteiger partial charge in [-0.05, 0) is 47.8 Å². The number of amides is 6. The Hall–Kier alpha value is -3.65. The summed E-state index contributed by atoms with van der Waals surface area (Å²) >= 11 is 0. The molecule has 0 aromatic heterocycles. The summed E-state index contributed by atoms with van der Waals surface area (Å²) < 4.78 is 39.3. The van der Waals surface area contributed by atoms with Crippen molar-refractivity contribution in [1.82, 2.24) is 31.1 Å². The minimum Gasteiger partial charge on any atom is -0.346 e. The van der Waals surface area contributed by atoms with Gasteiger partial charge in [0, 0.05) is 26.7 Å². The van der Waals surface area contributed by atoms with Crippen molar-refractivity contribution in [3.63, 3.8) is 0 Å². The summed E-state index contributed by atoms with van der Waals surface area (Å²) in [6.07, 6.45) is 0.440. The van der Waals surface area contributed by atoms with E-state index in [1.807, 2.05) is 13.8 Å². The summed E-state index contributed by atoms with van der Waals surface area (Å²) in [7, 11) is 1.01. The van der Waals surface area contributed by atoms with Crippen molar-refractivity contribution in [1.29, 1.82) is 0 Å². The maximum Gasteiger partial charge on any atom is 0.471 e. The molecule has 0 aromatic rings. The highest BCUT2D eigenvalue weighted by Gasteiger charge is 2.69. The summed E-state index contributed by atoms with van der Waals surface area (Å²) in [5, 5.41) is 10.6. The van der Waals surface area contributed by atoms with Gasteiger partial charge < -0.3 is 31.1 Å². The number of ketones is 1. The number of piperidine rings is 1. The third-order valence-corrected chi connectivity index (χ3v) is 10.5. The Kier molecular flexibility index (Phi) is 12.6. The molecule has 1 saturated heterocycles. The summed E-state index contributed by atoms with van der Waals surface area (Å²) in [6.45, 7) is 14.3. The van der Waals surface area contributed by atoms with Crippen LogP contribution in [0.2, 0.25) is 0 Å². The molecule has 3 rings (SSSR count). The Bertz CT molecular complexity index is 1290. The lowest BCUT2D eigenvalue weighted by molar-refractivity contribution is -0.184. The summed E-state index contributed by atoms with van der Waals surface area (Å²) in [4.78, 5) is 80.9. The highest BCUT2D eigenvalue weighted by atomic mass is 19.4. The number of nitrogens with zero attached hydrogens (tertiary/aromatic N) is 2. The zero-order valence-corrected chi connectivity index (χ0v) is 29.7. The fourth-order valence-electron chi connectivity index (χ4n) is 7.31. The zero-order valence-electron chi connectivity index (χ0n) is 29.7. The molecular formula is C34H53F3N6O6. The number of nitrogens with one attached hydrogen (secondary N) is 4. The molecule has 0 spiro atoms. The van der Waals surface area contributed by atoms with Gasteiger partial charge in [-0.1, -0.05) is 66.9 Å². The van der Waals surface area contributed by atoms with E-state index in [0.717, 1.165) is 26.3 Å². The van der Waals surface area contributed by atoms with E-state index in [4.69, 9.17) is 0 Å². The minimum absolute atomic E-state index is 0.00618. The van der Waals surface area contributed by atoms with Crippen molar-refractivity contribution in [2.45, 2.75) is 110 Å². The van der Waals surface area contributed by atoms with Crippen LogP contribution in [-0.2, 0) is 24.0 Å². The summed E-state index contributed by atoms with van der Waals surface area (Å²) in [5.74, 6) is -5.16. The van der Waals surface area contributed by atoms with Gasteiger partial charge in [-0.15, -0.1) is 6.58 Å². The van der Waals surface area contributed by atoms with Crippen LogP contribution in [0.15, 0.2) is 12.7 Å². The van der Waals surface area contributed by atoms with Gasteiger partial charge in [0.25, 0.3) is 5.91 Å². The lowest BCUT2D eigenvalue weighted by Gasteiger charge is -2.38. The first-order chi connectivity index (χ1) is 22.7. The highest BCUT2D eigenvalue weighted by molar-refractivity contribution is 6.38. The number of hydrogen-bond donors (Lipinski definition) is 4. The first kappa shape index (κ1) is 39.8. The molecule has 4 N–H and O–H groups in total. The van der Waals surface area contributed by atoms with Crippen molar-refractivity contribution >= 4 is 35.4 Å². The lowest BCUT2D eigenvalue weighted by atomic mass is 9.83. The van der Waals surface area contributed by atoms with Gasteiger partial charge in [0.1, 0.15) is 12.1 Å². The van der Waals surface area contributed by atoms with E-state index in [9.17, 15) is 41.9 Å². The van der Waals surface area contributed by atoms with Gasteiger partial charge in [0.15, 0.2) is 0 Å². The summed E-state index contributed by atoms with van der Waals surface area (Å²) in [6, 6.07) is -4.75. The van der Waals surface area contributed by atoms with E-state index in [2.05, 4.69) is 27.8 Å². The van der Waals surface area contributed by atoms with Crippen LogP contribution in [0.4, 0.5) is 18.0 Å². The molecule has 0 radical (unpaired) electrons. The Morgan fingerprint density at radius 2 is 1.61 bits per heavy atom. The maximum absolute atomic E-state index is 14.4. The van der Waals surface area contributed by atoms with Gasteiger partial charge in [0.05, 0.1) is 12.1 Å². The van der Waals surface area contributed by atoms with Crippen LogP contribution < -0.4 is 21.3 Å². The van der Waals surface area contributed by atoms with E-state index in [1.165, 1.54) is 11.0 Å². The number of rotatable bonds is 13. The van der Waals surface area contributed by atoms with Crippen molar-refractivity contribution in [3.05, 3.63) is 12.7 Å². The van der Waals surface area contributed by atoms with E-state index in [-0.39, 0.29) is 42.7 Å². The molecule has 12 nitrogen and oxygen atoms in total. The molecule has 15 heteroatoms. The molecule has 6 atom stereocenters. The molecule has 1 unspecified atom stereocenters. The second kappa shape index (κ2) is 15.5. The van der Waals surface area contributed by atoms with Crippen LogP contribution in [0, 0.1) is 28.6 Å². The van der Waals surface area contributed by atoms with Gasteiger partial charge in [0.2, 0.25) is 17.6 Å². The molecule has 3 aliphatic rings. The molecule has 276 valence electrons. The fraction of sp³-hybridized carbons (Fsp3) is 0.765. The average molecular weight is 699 g/mol. The van der Waals surface area contributed by atoms with Crippen LogP contribution in [0.1, 0.15) is 80.1 Å². The number of alkyl halides is 3. The predicted octanol–water partition coefficient (Wildman–Crippen LogP) is 2.92. The quantitative estimate of drug-likeness (QED) is 0.171. The van der Waals surface area contributed by atoms with E-state index in [0.29, 0.717) is 17.7 Å². The monoisotopic (exact) mass is 698 g/mol.